The summed E-state index contributed by atoms with van der Waals surface area (Å²) >= 11 is 5.83. The normalized spacial score (nSPS) is 22.4. The summed E-state index contributed by atoms with van der Waals surface area (Å²) < 4.78 is 0. The van der Waals surface area contributed by atoms with Crippen LogP contribution in [-0.2, 0) is 11.2 Å². The van der Waals surface area contributed by atoms with E-state index in [0.717, 1.165) is 30.7 Å². The minimum absolute atomic E-state index is 0.121. The molecular formula is C15H21ClN2O. The molecule has 0 bridgehead atoms. The van der Waals surface area contributed by atoms with E-state index >= 15 is 0 Å². The molecule has 1 aromatic carbocycles. The summed E-state index contributed by atoms with van der Waals surface area (Å²) in [6.45, 7) is 1.30. The third-order valence-corrected chi connectivity index (χ3v) is 4.18. The topological polar surface area (TPSA) is 55.1 Å². The van der Waals surface area contributed by atoms with Crippen LogP contribution in [0.25, 0.3) is 0 Å². The molecule has 1 aliphatic carbocycles. The lowest BCUT2D eigenvalue weighted by molar-refractivity contribution is -0.125. The molecule has 1 fully saturated rings. The Morgan fingerprint density at radius 2 is 2.05 bits per heavy atom. The summed E-state index contributed by atoms with van der Waals surface area (Å²) in [5.41, 5.74) is 6.89. The molecule has 0 spiro atoms. The molecule has 1 aromatic rings. The maximum absolute atomic E-state index is 12.1. The van der Waals surface area contributed by atoms with Crippen LogP contribution in [0.5, 0.6) is 0 Å². The van der Waals surface area contributed by atoms with Gasteiger partial charge < -0.3 is 11.1 Å². The van der Waals surface area contributed by atoms with Crippen molar-refractivity contribution in [2.45, 2.75) is 25.7 Å². The van der Waals surface area contributed by atoms with Gasteiger partial charge in [0.15, 0.2) is 0 Å². The van der Waals surface area contributed by atoms with E-state index in [1.54, 1.807) is 0 Å². The van der Waals surface area contributed by atoms with Crippen molar-refractivity contribution in [2.75, 3.05) is 13.1 Å². The Morgan fingerprint density at radius 1 is 1.32 bits per heavy atom. The maximum Gasteiger partial charge on any atom is 0.223 e. The van der Waals surface area contributed by atoms with Crippen LogP contribution in [0.4, 0.5) is 0 Å². The monoisotopic (exact) mass is 280 g/mol. The maximum atomic E-state index is 12.1. The van der Waals surface area contributed by atoms with E-state index in [1.807, 2.05) is 24.3 Å². The molecule has 1 aliphatic rings. The Bertz CT molecular complexity index is 419. The van der Waals surface area contributed by atoms with Crippen LogP contribution in [0.15, 0.2) is 24.3 Å². The minimum atomic E-state index is 0.121. The van der Waals surface area contributed by atoms with Crippen molar-refractivity contribution in [3.05, 3.63) is 34.9 Å². The van der Waals surface area contributed by atoms with Crippen LogP contribution >= 0.6 is 11.6 Å². The van der Waals surface area contributed by atoms with Crippen LogP contribution in [0.1, 0.15) is 24.8 Å². The zero-order chi connectivity index (χ0) is 13.7. The van der Waals surface area contributed by atoms with Gasteiger partial charge >= 0.3 is 0 Å². The quantitative estimate of drug-likeness (QED) is 0.870. The number of nitrogens with two attached hydrogens (primary N) is 1. The fourth-order valence-corrected chi connectivity index (χ4v) is 2.90. The van der Waals surface area contributed by atoms with Crippen molar-refractivity contribution in [3.63, 3.8) is 0 Å². The van der Waals surface area contributed by atoms with Gasteiger partial charge in [-0.25, -0.2) is 0 Å². The average molecular weight is 281 g/mol. The summed E-state index contributed by atoms with van der Waals surface area (Å²) in [7, 11) is 0. The van der Waals surface area contributed by atoms with Gasteiger partial charge in [0.05, 0.1) is 0 Å². The van der Waals surface area contributed by atoms with Gasteiger partial charge in [0.2, 0.25) is 5.91 Å². The smallest absolute Gasteiger partial charge is 0.223 e. The van der Waals surface area contributed by atoms with Gasteiger partial charge in [-0.1, -0.05) is 30.2 Å². The molecule has 3 N–H and O–H groups in total. The van der Waals surface area contributed by atoms with Crippen molar-refractivity contribution in [1.29, 1.82) is 0 Å². The van der Waals surface area contributed by atoms with Gasteiger partial charge in [-0.3, -0.25) is 4.79 Å². The largest absolute Gasteiger partial charge is 0.356 e. The lowest BCUT2D eigenvalue weighted by atomic mass is 9.95. The van der Waals surface area contributed by atoms with E-state index < -0.39 is 0 Å². The van der Waals surface area contributed by atoms with E-state index in [-0.39, 0.29) is 11.8 Å². The van der Waals surface area contributed by atoms with Crippen LogP contribution in [0.2, 0.25) is 5.02 Å². The molecule has 0 aromatic heterocycles. The molecule has 1 saturated carbocycles. The van der Waals surface area contributed by atoms with E-state index in [1.165, 1.54) is 5.56 Å². The molecule has 104 valence electrons. The minimum Gasteiger partial charge on any atom is -0.356 e. The number of hydrogen-bond donors (Lipinski definition) is 2. The van der Waals surface area contributed by atoms with E-state index in [9.17, 15) is 4.79 Å². The molecule has 0 heterocycles. The van der Waals surface area contributed by atoms with Gasteiger partial charge in [0, 0.05) is 17.5 Å². The standard InChI is InChI=1S/C15H21ClN2O/c16-13-6-4-11(5-7-13)8-9-18-15(19)14-3-1-2-12(14)10-17/h4-7,12,14H,1-3,8-10,17H2,(H,18,19). The van der Waals surface area contributed by atoms with Gasteiger partial charge in [-0.15, -0.1) is 0 Å². The predicted octanol–water partition coefficient (Wildman–Crippen LogP) is 2.37. The zero-order valence-electron chi connectivity index (χ0n) is 11.1. The zero-order valence-corrected chi connectivity index (χ0v) is 11.8. The molecule has 2 atom stereocenters. The molecule has 0 aliphatic heterocycles. The predicted molar refractivity (Wildman–Crippen MR) is 78.1 cm³/mol. The van der Waals surface area contributed by atoms with Gasteiger partial charge in [0.25, 0.3) is 0 Å². The van der Waals surface area contributed by atoms with E-state index in [0.29, 0.717) is 19.0 Å². The Kier molecular flexibility index (Phi) is 5.23. The highest BCUT2D eigenvalue weighted by Crippen LogP contribution is 2.30. The summed E-state index contributed by atoms with van der Waals surface area (Å²) in [5, 5.41) is 3.76. The first kappa shape index (κ1) is 14.4. The number of nitrogens with one attached hydrogen (secondary N) is 1. The molecule has 0 saturated heterocycles. The molecule has 2 unspecified atom stereocenters. The first-order valence-corrected chi connectivity index (χ1v) is 7.30. The number of hydrogen-bond acceptors (Lipinski definition) is 2. The molecule has 1 amide bonds. The summed E-state index contributed by atoms with van der Waals surface area (Å²) in [6, 6.07) is 7.74. The highest BCUT2D eigenvalue weighted by Gasteiger charge is 2.31. The van der Waals surface area contributed by atoms with E-state index in [4.69, 9.17) is 17.3 Å². The Hall–Kier alpha value is -1.06. The highest BCUT2D eigenvalue weighted by atomic mass is 35.5. The molecule has 19 heavy (non-hydrogen) atoms. The van der Waals surface area contributed by atoms with Gasteiger partial charge in [-0.2, -0.15) is 0 Å². The number of rotatable bonds is 5. The van der Waals surface area contributed by atoms with Crippen LogP contribution in [0, 0.1) is 11.8 Å². The highest BCUT2D eigenvalue weighted by molar-refractivity contribution is 6.30. The number of benzene rings is 1. The molecule has 4 heteroatoms. The lowest BCUT2D eigenvalue weighted by Gasteiger charge is -2.17. The fourth-order valence-electron chi connectivity index (χ4n) is 2.78. The number of halogens is 1. The molecular weight excluding hydrogens is 260 g/mol. The first-order chi connectivity index (χ1) is 9.20. The fraction of sp³-hybridized carbons (Fsp3) is 0.533. The van der Waals surface area contributed by atoms with Crippen molar-refractivity contribution in [1.82, 2.24) is 5.32 Å². The molecule has 0 radical (unpaired) electrons. The second-order valence-electron chi connectivity index (χ2n) is 5.20. The van der Waals surface area contributed by atoms with Crippen molar-refractivity contribution < 1.29 is 4.79 Å². The third kappa shape index (κ3) is 3.95. The third-order valence-electron chi connectivity index (χ3n) is 3.92. The first-order valence-electron chi connectivity index (χ1n) is 6.93. The second kappa shape index (κ2) is 6.92. The Labute approximate surface area is 119 Å². The Balaban J connectivity index is 1.76. The van der Waals surface area contributed by atoms with Crippen molar-refractivity contribution in [3.8, 4) is 0 Å². The van der Waals surface area contributed by atoms with Crippen molar-refractivity contribution in [2.24, 2.45) is 17.6 Å². The number of amides is 1. The summed E-state index contributed by atoms with van der Waals surface area (Å²) in [5.74, 6) is 0.660. The number of carbonyl (C=O) groups excluding carboxylic acids is 1. The van der Waals surface area contributed by atoms with Crippen molar-refractivity contribution >= 4 is 17.5 Å². The number of carbonyl (C=O) groups is 1. The van der Waals surface area contributed by atoms with Crippen LogP contribution in [0.3, 0.4) is 0 Å². The molecule has 2 rings (SSSR count). The van der Waals surface area contributed by atoms with Crippen LogP contribution in [-0.4, -0.2) is 19.0 Å². The summed E-state index contributed by atoms with van der Waals surface area (Å²) in [4.78, 5) is 12.1. The van der Waals surface area contributed by atoms with Gasteiger partial charge in [-0.05, 0) is 49.4 Å². The second-order valence-corrected chi connectivity index (χ2v) is 5.64. The average Bonchev–Trinajstić information content (AvgIpc) is 2.89. The lowest BCUT2D eigenvalue weighted by Crippen LogP contribution is -2.36. The molecule has 3 nitrogen and oxygen atoms in total. The summed E-state index contributed by atoms with van der Waals surface area (Å²) in [6.07, 6.45) is 4.03. The SMILES string of the molecule is NCC1CCCC1C(=O)NCCc1ccc(Cl)cc1. The van der Waals surface area contributed by atoms with Crippen LogP contribution < -0.4 is 11.1 Å². The van der Waals surface area contributed by atoms with Gasteiger partial charge in [0.1, 0.15) is 0 Å². The Morgan fingerprint density at radius 3 is 2.74 bits per heavy atom. The van der Waals surface area contributed by atoms with E-state index in [2.05, 4.69) is 5.32 Å².